The number of hydrogen-bond donors (Lipinski definition) is 8. The van der Waals surface area contributed by atoms with Gasteiger partial charge in [0.2, 0.25) is 29.5 Å². The maximum atomic E-state index is 12.4. The first-order valence-corrected chi connectivity index (χ1v) is 12.0. The molecule has 5 amide bonds. The second-order valence-corrected chi connectivity index (χ2v) is 9.08. The van der Waals surface area contributed by atoms with Gasteiger partial charge in [-0.25, -0.2) is 4.79 Å². The van der Waals surface area contributed by atoms with Crippen molar-refractivity contribution in [3.63, 3.8) is 0 Å². The third-order valence-corrected chi connectivity index (χ3v) is 5.08. The molecule has 0 unspecified atom stereocenters. The lowest BCUT2D eigenvalue weighted by molar-refractivity contribution is -0.141. The van der Waals surface area contributed by atoms with E-state index >= 15 is 0 Å². The maximum Gasteiger partial charge on any atom is 0.326 e. The van der Waals surface area contributed by atoms with Crippen molar-refractivity contribution in [2.24, 2.45) is 11.7 Å². The molecule has 0 bridgehead atoms. The van der Waals surface area contributed by atoms with Crippen LogP contribution >= 0.6 is 0 Å². The largest absolute Gasteiger partial charge is 0.508 e. The topological polar surface area (TPSA) is 229 Å². The summed E-state index contributed by atoms with van der Waals surface area (Å²) < 4.78 is 0. The molecule has 14 nitrogen and oxygen atoms in total. The molecule has 38 heavy (non-hydrogen) atoms. The molecular weight excluding hydrogens is 500 g/mol. The van der Waals surface area contributed by atoms with Crippen LogP contribution in [0.1, 0.15) is 32.8 Å². The molecule has 0 fully saturated rings. The van der Waals surface area contributed by atoms with E-state index < -0.39 is 73.3 Å². The smallest absolute Gasteiger partial charge is 0.326 e. The fourth-order valence-electron chi connectivity index (χ4n) is 3.09. The van der Waals surface area contributed by atoms with Crippen molar-refractivity contribution in [1.82, 2.24) is 26.6 Å². The number of phenolic OH excluding ortho intramolecular Hbond substituents is 1. The Bertz CT molecular complexity index is 996. The third kappa shape index (κ3) is 12.7. The zero-order valence-corrected chi connectivity index (χ0v) is 21.6. The van der Waals surface area contributed by atoms with E-state index in [0.29, 0.717) is 12.0 Å². The summed E-state index contributed by atoms with van der Waals surface area (Å²) >= 11 is 0. The minimum atomic E-state index is -1.28. The Balaban J connectivity index is 2.42. The van der Waals surface area contributed by atoms with Crippen molar-refractivity contribution in [3.8, 4) is 5.75 Å². The molecule has 0 aromatic heterocycles. The Morgan fingerprint density at radius 3 is 1.79 bits per heavy atom. The summed E-state index contributed by atoms with van der Waals surface area (Å²) in [4.78, 5) is 71.7. The van der Waals surface area contributed by atoms with Gasteiger partial charge in [0.1, 0.15) is 17.8 Å². The fraction of sp³-hybridized carbons (Fsp3) is 0.500. The fourth-order valence-corrected chi connectivity index (χ4v) is 3.09. The van der Waals surface area contributed by atoms with Gasteiger partial charge in [-0.15, -0.1) is 0 Å². The first-order chi connectivity index (χ1) is 17.8. The van der Waals surface area contributed by atoms with Gasteiger partial charge >= 0.3 is 5.97 Å². The normalized spacial score (nSPS) is 13.0. The average molecular weight is 537 g/mol. The van der Waals surface area contributed by atoms with Crippen molar-refractivity contribution in [2.75, 3.05) is 19.6 Å². The summed E-state index contributed by atoms with van der Waals surface area (Å²) in [6, 6.07) is 2.86. The Hall–Kier alpha value is -4.20. The van der Waals surface area contributed by atoms with E-state index in [4.69, 9.17) is 5.73 Å². The van der Waals surface area contributed by atoms with Crippen LogP contribution in [0.15, 0.2) is 24.3 Å². The zero-order chi connectivity index (χ0) is 28.8. The highest BCUT2D eigenvalue weighted by Crippen LogP contribution is 2.11. The third-order valence-electron chi connectivity index (χ3n) is 5.08. The molecule has 0 heterocycles. The molecule has 0 aliphatic rings. The van der Waals surface area contributed by atoms with E-state index in [1.54, 1.807) is 0 Å². The second kappa shape index (κ2) is 15.8. The molecule has 14 heteroatoms. The Labute approximate surface area is 220 Å². The number of aliphatic carboxylic acids is 1. The minimum Gasteiger partial charge on any atom is -0.508 e. The lowest BCUT2D eigenvalue weighted by Crippen LogP contribution is -2.53. The molecule has 0 radical (unpaired) electrons. The Morgan fingerprint density at radius 1 is 0.763 bits per heavy atom. The van der Waals surface area contributed by atoms with Crippen molar-refractivity contribution >= 4 is 35.5 Å². The molecule has 210 valence electrons. The number of phenols is 1. The van der Waals surface area contributed by atoms with Crippen molar-refractivity contribution in [3.05, 3.63) is 29.8 Å². The van der Waals surface area contributed by atoms with E-state index in [1.807, 2.05) is 13.8 Å². The van der Waals surface area contributed by atoms with Gasteiger partial charge in [-0.05, 0) is 37.0 Å². The van der Waals surface area contributed by atoms with Gasteiger partial charge in [-0.1, -0.05) is 26.0 Å². The van der Waals surface area contributed by atoms with Crippen LogP contribution in [0.2, 0.25) is 0 Å². The van der Waals surface area contributed by atoms with Crippen LogP contribution in [0.3, 0.4) is 0 Å². The molecular formula is C24H36N6O8. The van der Waals surface area contributed by atoms with Crippen molar-refractivity contribution < 1.29 is 39.0 Å². The number of aromatic hydroxyl groups is 1. The number of carbonyl (C=O) groups excluding carboxylic acids is 5. The molecule has 1 aromatic rings. The lowest BCUT2D eigenvalue weighted by atomic mass is 10.0. The number of carbonyl (C=O) groups is 6. The molecule has 0 spiro atoms. The molecule has 9 N–H and O–H groups in total. The van der Waals surface area contributed by atoms with Crippen LogP contribution in [-0.2, 0) is 35.2 Å². The van der Waals surface area contributed by atoms with E-state index in [1.165, 1.54) is 31.2 Å². The number of benzene rings is 1. The van der Waals surface area contributed by atoms with Gasteiger partial charge in [0.25, 0.3) is 0 Å². The highest BCUT2D eigenvalue weighted by molar-refractivity contribution is 5.93. The lowest BCUT2D eigenvalue weighted by Gasteiger charge is -2.21. The van der Waals surface area contributed by atoms with Gasteiger partial charge in [-0.2, -0.15) is 0 Å². The monoisotopic (exact) mass is 536 g/mol. The average Bonchev–Trinajstić information content (AvgIpc) is 2.84. The number of nitrogens with two attached hydrogens (primary N) is 1. The predicted molar refractivity (Wildman–Crippen MR) is 135 cm³/mol. The molecule has 0 aliphatic carbocycles. The van der Waals surface area contributed by atoms with Crippen LogP contribution in [-0.4, -0.2) is 83.5 Å². The van der Waals surface area contributed by atoms with Gasteiger partial charge in [0, 0.05) is 6.42 Å². The Kier molecular flexibility index (Phi) is 13.2. The molecule has 3 atom stereocenters. The summed E-state index contributed by atoms with van der Waals surface area (Å²) in [6.45, 7) is 3.73. The van der Waals surface area contributed by atoms with Crippen LogP contribution in [0.5, 0.6) is 5.75 Å². The number of carboxylic acids is 1. The first kappa shape index (κ1) is 31.8. The highest BCUT2D eigenvalue weighted by atomic mass is 16.4. The molecule has 0 aliphatic heterocycles. The van der Waals surface area contributed by atoms with Gasteiger partial charge in [-0.3, -0.25) is 24.0 Å². The number of amides is 5. The minimum absolute atomic E-state index is 0.0165. The standard InChI is InChI=1S/C24H36N6O8/c1-13(2)8-17(30-22(35)14(3)25)23(36)28-11-20(33)26-10-19(32)27-12-21(34)29-18(24(37)38)9-15-4-6-16(31)7-5-15/h4-7,13-14,17-18,31H,8-12,25H2,1-3H3,(H,26,33)(H,27,32)(H,28,36)(H,29,34)(H,30,35)(H,37,38)/t14-,17-,18-/m0/s1. The molecule has 1 aromatic carbocycles. The van der Waals surface area contributed by atoms with Crippen molar-refractivity contribution in [1.29, 1.82) is 0 Å². The zero-order valence-electron chi connectivity index (χ0n) is 21.6. The summed E-state index contributed by atoms with van der Waals surface area (Å²) in [6.07, 6.45) is 0.290. The second-order valence-electron chi connectivity index (χ2n) is 9.08. The summed E-state index contributed by atoms with van der Waals surface area (Å²) in [5, 5.41) is 30.4. The first-order valence-electron chi connectivity index (χ1n) is 12.0. The Morgan fingerprint density at radius 2 is 1.29 bits per heavy atom. The number of nitrogens with one attached hydrogen (secondary N) is 5. The summed E-state index contributed by atoms with van der Waals surface area (Å²) in [5.41, 5.74) is 6.09. The SMILES string of the molecule is CC(C)C[C@H](NC(=O)[C@H](C)N)C(=O)NCC(=O)NCC(=O)NCC(=O)N[C@@H](Cc1ccc(O)cc1)C(=O)O. The predicted octanol–water partition coefficient (Wildman–Crippen LogP) is -2.27. The van der Waals surface area contributed by atoms with E-state index in [-0.39, 0.29) is 18.1 Å². The van der Waals surface area contributed by atoms with E-state index in [0.717, 1.165) is 0 Å². The van der Waals surface area contributed by atoms with Crippen LogP contribution in [0.25, 0.3) is 0 Å². The van der Waals surface area contributed by atoms with E-state index in [2.05, 4.69) is 26.6 Å². The molecule has 0 saturated heterocycles. The van der Waals surface area contributed by atoms with Crippen LogP contribution in [0, 0.1) is 5.92 Å². The molecule has 1 rings (SSSR count). The van der Waals surface area contributed by atoms with Gasteiger partial charge in [0.05, 0.1) is 25.7 Å². The summed E-state index contributed by atoms with van der Waals surface area (Å²) in [7, 11) is 0. The number of carboxylic acid groups (broad SMARTS) is 1. The summed E-state index contributed by atoms with van der Waals surface area (Å²) in [5.74, 6) is -4.43. The van der Waals surface area contributed by atoms with Gasteiger partial charge < -0.3 is 42.5 Å². The van der Waals surface area contributed by atoms with Crippen molar-refractivity contribution in [2.45, 2.75) is 51.7 Å². The quantitative estimate of drug-likeness (QED) is 0.121. The number of rotatable bonds is 15. The number of hydrogen-bond acceptors (Lipinski definition) is 8. The van der Waals surface area contributed by atoms with E-state index in [9.17, 15) is 39.0 Å². The molecule has 0 saturated carbocycles. The maximum absolute atomic E-state index is 12.4. The van der Waals surface area contributed by atoms with Crippen LogP contribution < -0.4 is 32.3 Å². The van der Waals surface area contributed by atoms with Gasteiger partial charge in [0.15, 0.2) is 0 Å². The highest BCUT2D eigenvalue weighted by Gasteiger charge is 2.24. The van der Waals surface area contributed by atoms with Crippen LogP contribution in [0.4, 0.5) is 0 Å².